The summed E-state index contributed by atoms with van der Waals surface area (Å²) in [5.74, 6) is -1.05. The molecule has 0 bridgehead atoms. The zero-order valence-electron chi connectivity index (χ0n) is 18.7. The Morgan fingerprint density at radius 2 is 2.12 bits per heavy atom. The largest absolute Gasteiger partial charge is 0.394 e. The molecule has 33 heavy (non-hydrogen) atoms. The van der Waals surface area contributed by atoms with Gasteiger partial charge in [-0.3, -0.25) is 14.4 Å². The number of carbonyl (C=O) groups excluding carboxylic acids is 3. The average Bonchev–Trinajstić information content (AvgIpc) is 3.28. The van der Waals surface area contributed by atoms with Crippen LogP contribution >= 0.6 is 0 Å². The molecule has 2 aliphatic heterocycles. The van der Waals surface area contributed by atoms with Gasteiger partial charge in [-0.05, 0) is 54.4 Å². The van der Waals surface area contributed by atoms with Crippen LogP contribution in [0.15, 0.2) is 24.3 Å². The van der Waals surface area contributed by atoms with Crippen molar-refractivity contribution in [3.63, 3.8) is 0 Å². The lowest BCUT2D eigenvalue weighted by atomic mass is 9.97. The summed E-state index contributed by atoms with van der Waals surface area (Å²) in [5, 5.41) is 16.2. The van der Waals surface area contributed by atoms with Gasteiger partial charge in [-0.15, -0.1) is 0 Å². The summed E-state index contributed by atoms with van der Waals surface area (Å²) in [7, 11) is 0. The van der Waals surface area contributed by atoms with Gasteiger partial charge < -0.3 is 25.6 Å². The normalized spacial score (nSPS) is 28.5. The number of nitrogens with zero attached hydrogens (tertiary/aromatic N) is 1. The molecule has 1 aromatic carbocycles. The highest BCUT2D eigenvalue weighted by molar-refractivity contribution is 6.01. The zero-order valence-corrected chi connectivity index (χ0v) is 18.7. The molecule has 0 radical (unpaired) electrons. The van der Waals surface area contributed by atoms with E-state index in [9.17, 15) is 23.9 Å². The molecule has 5 rings (SSSR count). The first-order valence-corrected chi connectivity index (χ1v) is 11.5. The maximum atomic E-state index is 13.6. The molecule has 5 atom stereocenters. The minimum absolute atomic E-state index is 0.0254. The van der Waals surface area contributed by atoms with Crippen LogP contribution in [0.3, 0.4) is 0 Å². The van der Waals surface area contributed by atoms with E-state index in [1.807, 2.05) is 0 Å². The van der Waals surface area contributed by atoms with Crippen LogP contribution in [0.25, 0.3) is 10.9 Å². The highest BCUT2D eigenvalue weighted by atomic mass is 19.1. The van der Waals surface area contributed by atoms with Gasteiger partial charge in [-0.25, -0.2) is 4.39 Å². The van der Waals surface area contributed by atoms with Crippen molar-refractivity contribution in [2.45, 2.75) is 38.8 Å². The van der Waals surface area contributed by atoms with Crippen LogP contribution in [-0.2, 0) is 9.59 Å². The minimum Gasteiger partial charge on any atom is -0.394 e. The first-order valence-electron chi connectivity index (χ1n) is 11.5. The second kappa shape index (κ2) is 7.83. The zero-order chi connectivity index (χ0) is 23.5. The number of hydrogen-bond donors (Lipinski definition) is 4. The number of aliphatic hydroxyl groups excluding tert-OH is 1. The number of aliphatic hydroxyl groups is 1. The first kappa shape index (κ1) is 21.9. The van der Waals surface area contributed by atoms with Gasteiger partial charge >= 0.3 is 0 Å². The summed E-state index contributed by atoms with van der Waals surface area (Å²) in [6.45, 7) is 4.99. The van der Waals surface area contributed by atoms with Crippen molar-refractivity contribution in [3.8, 4) is 0 Å². The highest BCUT2D eigenvalue weighted by Crippen LogP contribution is 2.65. The van der Waals surface area contributed by atoms with Crippen LogP contribution < -0.4 is 10.6 Å². The SMILES string of the molecule is CC1(C)[C@@H]2[C@@H](C(=O)N[C@H](CO)C[C@@H]3CCNC3=O)N(C(=O)c3cc4ccc(F)cc4[nH]3)C[C@@H]21. The molecule has 1 saturated carbocycles. The Kier molecular flexibility index (Phi) is 5.19. The van der Waals surface area contributed by atoms with Gasteiger partial charge in [0.1, 0.15) is 17.6 Å². The van der Waals surface area contributed by atoms with Crippen LogP contribution in [0.2, 0.25) is 0 Å². The second-order valence-corrected chi connectivity index (χ2v) is 10.2. The lowest BCUT2D eigenvalue weighted by molar-refractivity contribution is -0.128. The van der Waals surface area contributed by atoms with Gasteiger partial charge in [0.05, 0.1) is 12.6 Å². The summed E-state index contributed by atoms with van der Waals surface area (Å²) < 4.78 is 13.6. The van der Waals surface area contributed by atoms with E-state index in [4.69, 9.17) is 0 Å². The molecular formula is C24H29FN4O4. The van der Waals surface area contributed by atoms with Crippen molar-refractivity contribution in [3.05, 3.63) is 35.8 Å². The number of aromatic amines is 1. The summed E-state index contributed by atoms with van der Waals surface area (Å²) >= 11 is 0. The van der Waals surface area contributed by atoms with Crippen LogP contribution in [0.1, 0.15) is 37.2 Å². The van der Waals surface area contributed by atoms with Crippen molar-refractivity contribution in [1.82, 2.24) is 20.5 Å². The molecule has 3 fully saturated rings. The van der Waals surface area contributed by atoms with E-state index < -0.39 is 17.9 Å². The smallest absolute Gasteiger partial charge is 0.271 e. The predicted octanol–water partition coefficient (Wildman–Crippen LogP) is 1.41. The fourth-order valence-electron chi connectivity index (χ4n) is 5.84. The number of amides is 3. The van der Waals surface area contributed by atoms with Crippen molar-refractivity contribution >= 4 is 28.6 Å². The molecule has 9 heteroatoms. The number of piperidine rings is 1. The molecule has 3 amide bonds. The second-order valence-electron chi connectivity index (χ2n) is 10.2. The van der Waals surface area contributed by atoms with Crippen molar-refractivity contribution in [2.75, 3.05) is 19.7 Å². The Morgan fingerprint density at radius 3 is 2.82 bits per heavy atom. The average molecular weight is 457 g/mol. The molecule has 8 nitrogen and oxygen atoms in total. The molecule has 0 unspecified atom stereocenters. The maximum absolute atomic E-state index is 13.6. The molecule has 176 valence electrons. The van der Waals surface area contributed by atoms with E-state index in [0.29, 0.717) is 37.1 Å². The number of H-pyrrole nitrogens is 1. The maximum Gasteiger partial charge on any atom is 0.271 e. The van der Waals surface area contributed by atoms with E-state index in [1.54, 1.807) is 17.0 Å². The molecule has 0 spiro atoms. The predicted molar refractivity (Wildman–Crippen MR) is 119 cm³/mol. The molecule has 2 aromatic rings. The van der Waals surface area contributed by atoms with Crippen molar-refractivity contribution in [2.24, 2.45) is 23.2 Å². The molecule has 3 heterocycles. The molecule has 3 aliphatic rings. The molecule has 4 N–H and O–H groups in total. The summed E-state index contributed by atoms with van der Waals surface area (Å²) in [5.41, 5.74) is 0.788. The highest BCUT2D eigenvalue weighted by Gasteiger charge is 2.69. The number of hydrogen-bond acceptors (Lipinski definition) is 4. The third-order valence-corrected chi connectivity index (χ3v) is 7.85. The van der Waals surface area contributed by atoms with E-state index in [-0.39, 0.29) is 47.5 Å². The summed E-state index contributed by atoms with van der Waals surface area (Å²) in [6.07, 6.45) is 1.04. The number of rotatable bonds is 6. The monoisotopic (exact) mass is 456 g/mol. The number of benzene rings is 1. The van der Waals surface area contributed by atoms with Gasteiger partial charge in [-0.2, -0.15) is 0 Å². The van der Waals surface area contributed by atoms with Gasteiger partial charge in [0.2, 0.25) is 11.8 Å². The molecule has 1 aromatic heterocycles. The minimum atomic E-state index is -0.660. The van der Waals surface area contributed by atoms with Gasteiger partial charge in [0.25, 0.3) is 5.91 Å². The topological polar surface area (TPSA) is 115 Å². The van der Waals surface area contributed by atoms with Gasteiger partial charge in [0.15, 0.2) is 0 Å². The Labute approximate surface area is 190 Å². The number of nitrogens with one attached hydrogen (secondary N) is 3. The van der Waals surface area contributed by atoms with Crippen LogP contribution in [0.5, 0.6) is 0 Å². The van der Waals surface area contributed by atoms with Crippen LogP contribution in [0.4, 0.5) is 4.39 Å². The lowest BCUT2D eigenvalue weighted by Crippen LogP contribution is -2.53. The summed E-state index contributed by atoms with van der Waals surface area (Å²) in [6, 6.07) is 4.75. The third kappa shape index (κ3) is 3.68. The van der Waals surface area contributed by atoms with Gasteiger partial charge in [-0.1, -0.05) is 13.8 Å². The molecule has 2 saturated heterocycles. The number of fused-ring (bicyclic) bond motifs is 2. The number of halogens is 1. The fraction of sp³-hybridized carbons (Fsp3) is 0.542. The van der Waals surface area contributed by atoms with Crippen molar-refractivity contribution < 1.29 is 23.9 Å². The van der Waals surface area contributed by atoms with E-state index in [1.165, 1.54) is 12.1 Å². The Morgan fingerprint density at radius 1 is 1.33 bits per heavy atom. The fourth-order valence-corrected chi connectivity index (χ4v) is 5.84. The molecule has 1 aliphatic carbocycles. The summed E-state index contributed by atoms with van der Waals surface area (Å²) in [4.78, 5) is 43.3. The standard InChI is InChI=1S/C24H29FN4O4/c1-24(2)16-10-29(23(33)18-8-12-3-4-14(25)9-17(12)28-18)20(19(16)24)22(32)27-15(11-30)7-13-5-6-26-21(13)31/h3-4,8-9,13,15-16,19-20,28,30H,5-7,10-11H2,1-2H3,(H,26,31)(H,27,32)/t13-,15-,16-,19-,20-/m0/s1. The first-order chi connectivity index (χ1) is 15.7. The van der Waals surface area contributed by atoms with Crippen LogP contribution in [0, 0.1) is 29.0 Å². The van der Waals surface area contributed by atoms with Crippen LogP contribution in [-0.4, -0.2) is 64.5 Å². The van der Waals surface area contributed by atoms with E-state index in [2.05, 4.69) is 29.5 Å². The van der Waals surface area contributed by atoms with E-state index in [0.717, 1.165) is 5.39 Å². The number of aromatic nitrogens is 1. The Balaban J connectivity index is 1.35. The van der Waals surface area contributed by atoms with Gasteiger partial charge in [0, 0.05) is 29.9 Å². The Bertz CT molecular complexity index is 1130. The Hall–Kier alpha value is -2.94. The molecular weight excluding hydrogens is 427 g/mol. The van der Waals surface area contributed by atoms with E-state index >= 15 is 0 Å². The van der Waals surface area contributed by atoms with Crippen molar-refractivity contribution in [1.29, 1.82) is 0 Å². The third-order valence-electron chi connectivity index (χ3n) is 7.85. The number of carbonyl (C=O) groups is 3. The lowest BCUT2D eigenvalue weighted by Gasteiger charge is -2.31. The quantitative estimate of drug-likeness (QED) is 0.526. The number of likely N-dealkylation sites (tertiary alicyclic amines) is 1.